The molecule has 2 rings (SSSR count). The van der Waals surface area contributed by atoms with Gasteiger partial charge >= 0.3 is 0 Å². The number of nitrogens with zero attached hydrogens (tertiary/aromatic N) is 1. The van der Waals surface area contributed by atoms with Gasteiger partial charge in [0, 0.05) is 37.1 Å². The number of rotatable bonds is 6. The van der Waals surface area contributed by atoms with Crippen LogP contribution in [-0.4, -0.2) is 42.8 Å². The minimum absolute atomic E-state index is 0.173. The van der Waals surface area contributed by atoms with E-state index in [9.17, 15) is 14.4 Å². The van der Waals surface area contributed by atoms with E-state index in [1.807, 2.05) is 18.2 Å². The van der Waals surface area contributed by atoms with E-state index in [0.29, 0.717) is 5.02 Å². The van der Waals surface area contributed by atoms with Gasteiger partial charge in [0.05, 0.1) is 0 Å². The molecule has 6 nitrogen and oxygen atoms in total. The van der Waals surface area contributed by atoms with Gasteiger partial charge < -0.3 is 10.1 Å². The molecule has 118 valence electrons. The van der Waals surface area contributed by atoms with Crippen molar-refractivity contribution >= 4 is 29.3 Å². The summed E-state index contributed by atoms with van der Waals surface area (Å²) in [4.78, 5) is 35.8. The number of methoxy groups -OCH3 is 1. The maximum Gasteiger partial charge on any atom is 0.240 e. The minimum atomic E-state index is -0.405. The molecular weight excluding hydrogens is 308 g/mol. The van der Waals surface area contributed by atoms with Crippen molar-refractivity contribution in [3.05, 3.63) is 34.9 Å². The number of halogens is 1. The van der Waals surface area contributed by atoms with E-state index in [1.165, 1.54) is 7.11 Å². The predicted octanol–water partition coefficient (Wildman–Crippen LogP) is 1.29. The number of ether oxygens (including phenoxy) is 1. The molecule has 1 aromatic carbocycles. The zero-order valence-electron chi connectivity index (χ0n) is 12.2. The van der Waals surface area contributed by atoms with E-state index in [4.69, 9.17) is 16.3 Å². The predicted molar refractivity (Wildman–Crippen MR) is 80.2 cm³/mol. The molecule has 1 unspecified atom stereocenters. The smallest absolute Gasteiger partial charge is 0.240 e. The average Bonchev–Trinajstić information content (AvgIpc) is 2.81. The van der Waals surface area contributed by atoms with Gasteiger partial charge in [-0.1, -0.05) is 29.8 Å². The fraction of sp³-hybridized carbons (Fsp3) is 0.400. The Hall–Kier alpha value is -1.92. The standard InChI is InChI=1S/C15H17ClN2O4/c1-22-12(10-4-2-3-5-11(10)16)8-17-13(19)9-18-14(20)6-7-15(18)21/h2-5,12H,6-9H2,1H3,(H,17,19). The average molecular weight is 325 g/mol. The Morgan fingerprint density at radius 3 is 2.55 bits per heavy atom. The molecule has 0 bridgehead atoms. The van der Waals surface area contributed by atoms with E-state index in [2.05, 4.69) is 5.32 Å². The van der Waals surface area contributed by atoms with Crippen LogP contribution >= 0.6 is 11.6 Å². The molecule has 1 saturated heterocycles. The number of carbonyl (C=O) groups excluding carboxylic acids is 3. The second kappa shape index (κ2) is 7.38. The molecule has 0 radical (unpaired) electrons. The Bertz CT molecular complexity index is 575. The molecule has 0 aliphatic carbocycles. The molecule has 3 amide bonds. The van der Waals surface area contributed by atoms with Crippen molar-refractivity contribution in [2.75, 3.05) is 20.2 Å². The van der Waals surface area contributed by atoms with Crippen LogP contribution in [0.5, 0.6) is 0 Å². The highest BCUT2D eigenvalue weighted by molar-refractivity contribution is 6.31. The zero-order valence-corrected chi connectivity index (χ0v) is 12.9. The second-order valence-corrected chi connectivity index (χ2v) is 5.33. The molecule has 0 aromatic heterocycles. The lowest BCUT2D eigenvalue weighted by Gasteiger charge is -2.19. The van der Waals surface area contributed by atoms with Gasteiger partial charge in [0.25, 0.3) is 0 Å². The van der Waals surface area contributed by atoms with Crippen LogP contribution in [0.4, 0.5) is 0 Å². The van der Waals surface area contributed by atoms with Crippen LogP contribution in [-0.2, 0) is 19.1 Å². The third-order valence-electron chi connectivity index (χ3n) is 3.48. The monoisotopic (exact) mass is 324 g/mol. The van der Waals surface area contributed by atoms with Gasteiger partial charge in [0.2, 0.25) is 17.7 Å². The first-order valence-electron chi connectivity index (χ1n) is 6.90. The summed E-state index contributed by atoms with van der Waals surface area (Å²) in [7, 11) is 1.52. The number of nitrogens with one attached hydrogen (secondary N) is 1. The van der Waals surface area contributed by atoms with Crippen LogP contribution in [0.25, 0.3) is 0 Å². The van der Waals surface area contributed by atoms with Crippen molar-refractivity contribution < 1.29 is 19.1 Å². The summed E-state index contributed by atoms with van der Waals surface area (Å²) in [6.07, 6.45) is -0.0542. The first-order valence-corrected chi connectivity index (χ1v) is 7.28. The minimum Gasteiger partial charge on any atom is -0.375 e. The summed E-state index contributed by atoms with van der Waals surface area (Å²) in [5.41, 5.74) is 0.764. The van der Waals surface area contributed by atoms with Crippen LogP contribution in [0.15, 0.2) is 24.3 Å². The van der Waals surface area contributed by atoms with Crippen LogP contribution in [0.2, 0.25) is 5.02 Å². The van der Waals surface area contributed by atoms with E-state index in [0.717, 1.165) is 10.5 Å². The molecule has 1 aliphatic rings. The highest BCUT2D eigenvalue weighted by Gasteiger charge is 2.30. The maximum atomic E-state index is 11.9. The Kier molecular flexibility index (Phi) is 5.51. The summed E-state index contributed by atoms with van der Waals surface area (Å²) in [6, 6.07) is 7.20. The topological polar surface area (TPSA) is 75.7 Å². The Labute approximate surface area is 133 Å². The normalized spacial score (nSPS) is 16.0. The summed E-state index contributed by atoms with van der Waals surface area (Å²) in [5, 5.41) is 3.21. The fourth-order valence-electron chi connectivity index (χ4n) is 2.26. The molecule has 0 spiro atoms. The van der Waals surface area contributed by atoms with Gasteiger partial charge in [0.1, 0.15) is 12.6 Å². The number of imide groups is 1. The molecule has 1 heterocycles. The van der Waals surface area contributed by atoms with Crippen molar-refractivity contribution in [1.29, 1.82) is 0 Å². The number of benzene rings is 1. The summed E-state index contributed by atoms with van der Waals surface area (Å²) in [5.74, 6) is -1.03. The maximum absolute atomic E-state index is 11.9. The third-order valence-corrected chi connectivity index (χ3v) is 3.82. The van der Waals surface area contributed by atoms with E-state index in [-0.39, 0.29) is 37.7 Å². The quantitative estimate of drug-likeness (QED) is 0.800. The third kappa shape index (κ3) is 3.84. The summed E-state index contributed by atoms with van der Waals surface area (Å²) >= 11 is 6.10. The molecule has 0 saturated carbocycles. The molecule has 7 heteroatoms. The number of hydrogen-bond acceptors (Lipinski definition) is 4. The molecule has 22 heavy (non-hydrogen) atoms. The fourth-order valence-corrected chi connectivity index (χ4v) is 2.52. The summed E-state index contributed by atoms with van der Waals surface area (Å²) < 4.78 is 5.33. The van der Waals surface area contributed by atoms with Crippen LogP contribution in [0.1, 0.15) is 24.5 Å². The van der Waals surface area contributed by atoms with Crippen molar-refractivity contribution in [2.45, 2.75) is 18.9 Å². The first kappa shape index (κ1) is 16.5. The number of amides is 3. The molecule has 1 N–H and O–H groups in total. The Morgan fingerprint density at radius 2 is 1.95 bits per heavy atom. The van der Waals surface area contributed by atoms with Gasteiger partial charge in [-0.2, -0.15) is 0 Å². The first-order chi connectivity index (χ1) is 10.5. The van der Waals surface area contributed by atoms with Crippen molar-refractivity contribution in [3.8, 4) is 0 Å². The largest absolute Gasteiger partial charge is 0.375 e. The van der Waals surface area contributed by atoms with Gasteiger partial charge in [-0.05, 0) is 6.07 Å². The van der Waals surface area contributed by atoms with Crippen molar-refractivity contribution in [1.82, 2.24) is 10.2 Å². The van der Waals surface area contributed by atoms with Gasteiger partial charge in [0.15, 0.2) is 0 Å². The lowest BCUT2D eigenvalue weighted by atomic mass is 10.1. The van der Waals surface area contributed by atoms with Crippen LogP contribution in [0, 0.1) is 0 Å². The number of hydrogen-bond donors (Lipinski definition) is 1. The van der Waals surface area contributed by atoms with Gasteiger partial charge in [-0.3, -0.25) is 19.3 Å². The van der Waals surface area contributed by atoms with Crippen LogP contribution < -0.4 is 5.32 Å². The second-order valence-electron chi connectivity index (χ2n) is 4.92. The highest BCUT2D eigenvalue weighted by Crippen LogP contribution is 2.24. The molecule has 1 atom stereocenters. The van der Waals surface area contributed by atoms with Crippen LogP contribution in [0.3, 0.4) is 0 Å². The molecule has 1 aliphatic heterocycles. The Morgan fingerprint density at radius 1 is 1.32 bits per heavy atom. The lowest BCUT2D eigenvalue weighted by molar-refractivity contribution is -0.142. The Balaban J connectivity index is 1.91. The molecule has 1 aromatic rings. The van der Waals surface area contributed by atoms with E-state index < -0.39 is 12.0 Å². The van der Waals surface area contributed by atoms with Crippen molar-refractivity contribution in [2.24, 2.45) is 0 Å². The number of carbonyl (C=O) groups is 3. The molecule has 1 fully saturated rings. The van der Waals surface area contributed by atoms with E-state index in [1.54, 1.807) is 6.07 Å². The lowest BCUT2D eigenvalue weighted by Crippen LogP contribution is -2.41. The van der Waals surface area contributed by atoms with Crippen molar-refractivity contribution in [3.63, 3.8) is 0 Å². The highest BCUT2D eigenvalue weighted by atomic mass is 35.5. The van der Waals surface area contributed by atoms with Gasteiger partial charge in [-0.25, -0.2) is 0 Å². The van der Waals surface area contributed by atoms with Gasteiger partial charge in [-0.15, -0.1) is 0 Å². The number of likely N-dealkylation sites (tertiary alicyclic amines) is 1. The molecular formula is C15H17ClN2O4. The zero-order chi connectivity index (χ0) is 16.1. The SMILES string of the molecule is COC(CNC(=O)CN1C(=O)CCC1=O)c1ccccc1Cl. The van der Waals surface area contributed by atoms with E-state index >= 15 is 0 Å². The summed E-state index contributed by atoms with van der Waals surface area (Å²) in [6.45, 7) is -0.0497.